The molecule has 4 aromatic rings. The SMILES string of the molecule is Cc1cc(NCc2ccccc2)cnc1Nc1cccc(-c2nccs2)n1.Cl.Cl. The molecule has 0 bridgehead atoms. The summed E-state index contributed by atoms with van der Waals surface area (Å²) in [5, 5.41) is 9.56. The quantitative estimate of drug-likeness (QED) is 0.374. The lowest BCUT2D eigenvalue weighted by Crippen LogP contribution is -2.03. The highest BCUT2D eigenvalue weighted by Crippen LogP contribution is 2.24. The number of hydrogen-bond acceptors (Lipinski definition) is 6. The fourth-order valence-corrected chi connectivity index (χ4v) is 3.30. The van der Waals surface area contributed by atoms with Gasteiger partial charge in [-0.3, -0.25) is 0 Å². The molecule has 0 atom stereocenters. The molecule has 0 radical (unpaired) electrons. The maximum atomic E-state index is 4.63. The van der Waals surface area contributed by atoms with Gasteiger partial charge in [0.05, 0.1) is 11.9 Å². The third-order valence-corrected chi connectivity index (χ3v) is 4.86. The van der Waals surface area contributed by atoms with Gasteiger partial charge in [-0.1, -0.05) is 36.4 Å². The van der Waals surface area contributed by atoms with Crippen molar-refractivity contribution >= 4 is 53.5 Å². The fourth-order valence-electron chi connectivity index (χ4n) is 2.70. The van der Waals surface area contributed by atoms with Crippen molar-refractivity contribution in [3.63, 3.8) is 0 Å². The van der Waals surface area contributed by atoms with E-state index in [9.17, 15) is 0 Å². The molecular formula is C21H21Cl2N5S. The maximum Gasteiger partial charge on any atom is 0.141 e. The average Bonchev–Trinajstić information content (AvgIpc) is 3.24. The molecule has 29 heavy (non-hydrogen) atoms. The van der Waals surface area contributed by atoms with Crippen LogP contribution >= 0.6 is 36.2 Å². The van der Waals surface area contributed by atoms with E-state index in [1.807, 2.05) is 54.9 Å². The lowest BCUT2D eigenvalue weighted by atomic mass is 10.2. The van der Waals surface area contributed by atoms with E-state index in [2.05, 4.69) is 43.8 Å². The third-order valence-electron chi connectivity index (χ3n) is 4.06. The molecule has 3 aromatic heterocycles. The number of nitrogens with zero attached hydrogens (tertiary/aromatic N) is 3. The van der Waals surface area contributed by atoms with Crippen molar-refractivity contribution in [1.29, 1.82) is 0 Å². The molecule has 4 rings (SSSR count). The zero-order valence-electron chi connectivity index (χ0n) is 15.7. The van der Waals surface area contributed by atoms with Gasteiger partial charge >= 0.3 is 0 Å². The van der Waals surface area contributed by atoms with Gasteiger partial charge in [0.2, 0.25) is 0 Å². The van der Waals surface area contributed by atoms with Gasteiger partial charge in [0.15, 0.2) is 0 Å². The van der Waals surface area contributed by atoms with Crippen molar-refractivity contribution in [3.8, 4) is 10.7 Å². The summed E-state index contributed by atoms with van der Waals surface area (Å²) >= 11 is 1.57. The summed E-state index contributed by atoms with van der Waals surface area (Å²) in [4.78, 5) is 13.5. The molecule has 0 aliphatic carbocycles. The normalized spacial score (nSPS) is 9.83. The fraction of sp³-hybridized carbons (Fsp3) is 0.0952. The number of anilines is 3. The van der Waals surface area contributed by atoms with E-state index in [-0.39, 0.29) is 24.8 Å². The Morgan fingerprint density at radius 2 is 1.79 bits per heavy atom. The Labute approximate surface area is 186 Å². The highest BCUT2D eigenvalue weighted by Gasteiger charge is 2.06. The van der Waals surface area contributed by atoms with Crippen LogP contribution in [0, 0.1) is 6.92 Å². The summed E-state index contributed by atoms with van der Waals surface area (Å²) in [6.07, 6.45) is 3.62. The number of nitrogens with one attached hydrogen (secondary N) is 2. The number of thiazole rings is 1. The molecule has 0 aliphatic rings. The van der Waals surface area contributed by atoms with Crippen LogP contribution in [0.3, 0.4) is 0 Å². The Hall–Kier alpha value is -2.67. The van der Waals surface area contributed by atoms with Crippen molar-refractivity contribution in [2.24, 2.45) is 0 Å². The lowest BCUT2D eigenvalue weighted by Gasteiger charge is -2.11. The molecule has 8 heteroatoms. The van der Waals surface area contributed by atoms with E-state index in [0.717, 1.165) is 40.1 Å². The van der Waals surface area contributed by atoms with Gasteiger partial charge < -0.3 is 10.6 Å². The van der Waals surface area contributed by atoms with Crippen LogP contribution in [0.4, 0.5) is 17.3 Å². The van der Waals surface area contributed by atoms with E-state index in [1.54, 1.807) is 17.5 Å². The highest BCUT2D eigenvalue weighted by atomic mass is 35.5. The van der Waals surface area contributed by atoms with Crippen molar-refractivity contribution < 1.29 is 0 Å². The smallest absolute Gasteiger partial charge is 0.141 e. The maximum absolute atomic E-state index is 4.63. The van der Waals surface area contributed by atoms with Gasteiger partial charge in [-0.15, -0.1) is 36.2 Å². The summed E-state index contributed by atoms with van der Waals surface area (Å²) in [6, 6.07) is 18.3. The minimum absolute atomic E-state index is 0. The lowest BCUT2D eigenvalue weighted by molar-refractivity contribution is 1.13. The van der Waals surface area contributed by atoms with Crippen molar-refractivity contribution in [2.45, 2.75) is 13.5 Å². The first kappa shape index (κ1) is 22.6. The van der Waals surface area contributed by atoms with Crippen LogP contribution in [0.2, 0.25) is 0 Å². The molecular weight excluding hydrogens is 425 g/mol. The van der Waals surface area contributed by atoms with Crippen LogP contribution in [0.5, 0.6) is 0 Å². The molecule has 0 unspecified atom stereocenters. The first-order valence-electron chi connectivity index (χ1n) is 8.66. The number of benzene rings is 1. The Bertz CT molecular complexity index is 1030. The zero-order chi connectivity index (χ0) is 18.5. The number of pyridine rings is 2. The predicted octanol–water partition coefficient (Wildman–Crippen LogP) is 6.11. The van der Waals surface area contributed by atoms with Crippen molar-refractivity contribution in [3.05, 3.63) is 83.5 Å². The largest absolute Gasteiger partial charge is 0.380 e. The molecule has 1 aromatic carbocycles. The van der Waals surface area contributed by atoms with Crippen molar-refractivity contribution in [2.75, 3.05) is 10.6 Å². The number of aromatic nitrogens is 3. The Kier molecular flexibility index (Phi) is 8.39. The first-order valence-corrected chi connectivity index (χ1v) is 9.54. The number of rotatable bonds is 6. The molecule has 0 spiro atoms. The summed E-state index contributed by atoms with van der Waals surface area (Å²) < 4.78 is 0. The summed E-state index contributed by atoms with van der Waals surface area (Å²) in [6.45, 7) is 2.81. The van der Waals surface area contributed by atoms with Gasteiger partial charge in [0.1, 0.15) is 22.3 Å². The molecule has 0 aliphatic heterocycles. The Morgan fingerprint density at radius 3 is 2.52 bits per heavy atom. The van der Waals surface area contributed by atoms with Crippen molar-refractivity contribution in [1.82, 2.24) is 15.0 Å². The third kappa shape index (κ3) is 5.90. The standard InChI is InChI=1S/C21H19N5S.2ClH/c1-15-12-17(23-13-16-6-3-2-4-7-16)14-24-20(15)26-19-9-5-8-18(25-19)21-22-10-11-27-21;;/h2-12,14,23H,13H2,1H3,(H,24,25,26);2*1H. The Morgan fingerprint density at radius 1 is 0.966 bits per heavy atom. The van der Waals surface area contributed by atoms with Crippen LogP contribution in [0.15, 0.2) is 72.4 Å². The van der Waals surface area contributed by atoms with E-state index in [1.165, 1.54) is 5.56 Å². The van der Waals surface area contributed by atoms with Gasteiger partial charge in [0, 0.05) is 18.1 Å². The van der Waals surface area contributed by atoms with E-state index < -0.39 is 0 Å². The molecule has 5 nitrogen and oxygen atoms in total. The topological polar surface area (TPSA) is 62.7 Å². The molecule has 0 saturated heterocycles. The zero-order valence-corrected chi connectivity index (χ0v) is 18.2. The van der Waals surface area contributed by atoms with Crippen LogP contribution in [-0.4, -0.2) is 15.0 Å². The van der Waals surface area contributed by atoms with E-state index in [0.29, 0.717) is 0 Å². The highest BCUT2D eigenvalue weighted by molar-refractivity contribution is 7.13. The monoisotopic (exact) mass is 445 g/mol. The second-order valence-corrected chi connectivity index (χ2v) is 6.99. The average molecular weight is 446 g/mol. The van der Waals surface area contributed by atoms with E-state index in [4.69, 9.17) is 0 Å². The molecule has 0 fully saturated rings. The summed E-state index contributed by atoms with van der Waals surface area (Å²) in [5.74, 6) is 1.55. The van der Waals surface area contributed by atoms with Crippen LogP contribution in [0.1, 0.15) is 11.1 Å². The molecule has 150 valence electrons. The second kappa shape index (κ2) is 10.8. The molecule has 0 saturated carbocycles. The van der Waals surface area contributed by atoms with Crippen LogP contribution in [-0.2, 0) is 6.54 Å². The molecule has 2 N–H and O–H groups in total. The summed E-state index contributed by atoms with van der Waals surface area (Å²) in [5.41, 5.74) is 4.13. The van der Waals surface area contributed by atoms with Crippen LogP contribution in [0.25, 0.3) is 10.7 Å². The predicted molar refractivity (Wildman–Crippen MR) is 126 cm³/mol. The number of hydrogen-bond donors (Lipinski definition) is 2. The number of halogens is 2. The minimum Gasteiger partial charge on any atom is -0.380 e. The second-order valence-electron chi connectivity index (χ2n) is 6.10. The molecule has 3 heterocycles. The Balaban J connectivity index is 0.00000150. The molecule has 0 amide bonds. The summed E-state index contributed by atoms with van der Waals surface area (Å²) in [7, 11) is 0. The van der Waals surface area contributed by atoms with E-state index >= 15 is 0 Å². The number of aryl methyl sites for hydroxylation is 1. The minimum atomic E-state index is 0. The van der Waals surface area contributed by atoms with Gasteiger partial charge in [-0.05, 0) is 36.2 Å². The van der Waals surface area contributed by atoms with Gasteiger partial charge in [-0.25, -0.2) is 15.0 Å². The first-order chi connectivity index (χ1) is 13.3. The van der Waals surface area contributed by atoms with Crippen LogP contribution < -0.4 is 10.6 Å². The van der Waals surface area contributed by atoms with Gasteiger partial charge in [0.25, 0.3) is 0 Å². The van der Waals surface area contributed by atoms with Gasteiger partial charge in [-0.2, -0.15) is 0 Å².